The molecular formula is C55H42N2. The van der Waals surface area contributed by atoms with E-state index >= 15 is 0 Å². The number of fused-ring (bicyclic) bond motifs is 7. The Morgan fingerprint density at radius 1 is 0.544 bits per heavy atom. The number of aromatic nitrogens is 1. The van der Waals surface area contributed by atoms with Gasteiger partial charge >= 0.3 is 0 Å². The number of hydrogen-bond acceptors (Lipinski definition) is 1. The molecule has 2 heteroatoms. The molecule has 0 saturated heterocycles. The minimum atomic E-state index is -0.113. The van der Waals surface area contributed by atoms with Crippen LogP contribution in [0, 0.1) is 0 Å². The van der Waals surface area contributed by atoms with Gasteiger partial charge in [-0.25, -0.2) is 0 Å². The van der Waals surface area contributed by atoms with Gasteiger partial charge in [0.15, 0.2) is 0 Å². The van der Waals surface area contributed by atoms with E-state index in [9.17, 15) is 0 Å². The Balaban J connectivity index is 1.15. The summed E-state index contributed by atoms with van der Waals surface area (Å²) in [5, 5.41) is 8.46. The first-order chi connectivity index (χ1) is 27.9. The molecule has 1 aromatic heterocycles. The summed E-state index contributed by atoms with van der Waals surface area (Å²) in [6, 6.07) is 65.6. The fourth-order valence-electron chi connectivity index (χ4n) is 8.83. The second-order valence-electron chi connectivity index (χ2n) is 15.6. The van der Waals surface area contributed by atoms with Crippen molar-refractivity contribution >= 4 is 49.4 Å². The molecule has 2 nitrogen and oxygen atoms in total. The van der Waals surface area contributed by atoms with Crippen LogP contribution in [0.2, 0.25) is 0 Å². The number of anilines is 1. The number of allylic oxidation sites excluding steroid dienone is 4. The third-order valence-electron chi connectivity index (χ3n) is 11.8. The molecule has 8 aromatic carbocycles. The predicted octanol–water partition coefficient (Wildman–Crippen LogP) is 14.6. The largest absolute Gasteiger partial charge is 0.361 e. The summed E-state index contributed by atoms with van der Waals surface area (Å²) in [7, 11) is 0. The molecule has 0 fully saturated rings. The van der Waals surface area contributed by atoms with Crippen LogP contribution in [-0.4, -0.2) is 4.57 Å². The van der Waals surface area contributed by atoms with E-state index in [4.69, 9.17) is 0 Å². The molecule has 0 unspecified atom stereocenters. The number of hydrogen-bond donors (Lipinski definition) is 1. The van der Waals surface area contributed by atoms with Crippen LogP contribution >= 0.6 is 0 Å². The predicted molar refractivity (Wildman–Crippen MR) is 244 cm³/mol. The lowest BCUT2D eigenvalue weighted by molar-refractivity contribution is 0.661. The van der Waals surface area contributed by atoms with E-state index < -0.39 is 0 Å². The quantitative estimate of drug-likeness (QED) is 0.154. The lowest BCUT2D eigenvalue weighted by atomic mass is 9.82. The Labute approximate surface area is 334 Å². The van der Waals surface area contributed by atoms with Gasteiger partial charge in [-0.15, -0.1) is 0 Å². The van der Waals surface area contributed by atoms with Gasteiger partial charge in [-0.1, -0.05) is 160 Å². The summed E-state index contributed by atoms with van der Waals surface area (Å²) in [6.07, 6.45) is 6.44. The Kier molecular flexibility index (Phi) is 8.34. The topological polar surface area (TPSA) is 17.0 Å². The molecule has 1 N–H and O–H groups in total. The number of rotatable bonds is 8. The molecule has 0 amide bonds. The summed E-state index contributed by atoms with van der Waals surface area (Å²) in [5.41, 5.74) is 16.5. The highest BCUT2D eigenvalue weighted by Gasteiger charge is 2.36. The van der Waals surface area contributed by atoms with Gasteiger partial charge in [-0.05, 0) is 116 Å². The van der Waals surface area contributed by atoms with Crippen molar-refractivity contribution in [1.82, 2.24) is 4.57 Å². The van der Waals surface area contributed by atoms with Crippen LogP contribution in [0.4, 0.5) is 5.69 Å². The maximum Gasteiger partial charge on any atom is 0.0547 e. The van der Waals surface area contributed by atoms with Crippen LogP contribution in [0.1, 0.15) is 36.1 Å². The molecule has 0 aliphatic heterocycles. The lowest BCUT2D eigenvalue weighted by Crippen LogP contribution is -2.14. The zero-order valence-corrected chi connectivity index (χ0v) is 32.2. The van der Waals surface area contributed by atoms with Crippen molar-refractivity contribution in [2.24, 2.45) is 0 Å². The van der Waals surface area contributed by atoms with Crippen molar-refractivity contribution in [2.45, 2.75) is 19.3 Å². The molecule has 0 bridgehead atoms. The van der Waals surface area contributed by atoms with Gasteiger partial charge in [-0.3, -0.25) is 0 Å². The maximum atomic E-state index is 4.52. The molecule has 9 aromatic rings. The van der Waals surface area contributed by atoms with E-state index in [1.807, 2.05) is 6.07 Å². The second-order valence-corrected chi connectivity index (χ2v) is 15.6. The van der Waals surface area contributed by atoms with Crippen molar-refractivity contribution in [3.05, 3.63) is 229 Å². The lowest BCUT2D eigenvalue weighted by Gasteiger charge is -2.21. The Morgan fingerprint density at radius 2 is 1.23 bits per heavy atom. The highest BCUT2D eigenvalue weighted by atomic mass is 15.0. The minimum Gasteiger partial charge on any atom is -0.361 e. The van der Waals surface area contributed by atoms with E-state index in [0.29, 0.717) is 0 Å². The molecule has 57 heavy (non-hydrogen) atoms. The zero-order valence-electron chi connectivity index (χ0n) is 32.2. The Morgan fingerprint density at radius 3 is 2.05 bits per heavy atom. The first-order valence-electron chi connectivity index (χ1n) is 19.7. The zero-order chi connectivity index (χ0) is 38.5. The normalized spacial score (nSPS) is 13.3. The van der Waals surface area contributed by atoms with Gasteiger partial charge in [0.2, 0.25) is 0 Å². The second kappa shape index (κ2) is 13.8. The molecule has 1 aliphatic carbocycles. The van der Waals surface area contributed by atoms with E-state index in [1.165, 1.54) is 66.0 Å². The van der Waals surface area contributed by atoms with Crippen molar-refractivity contribution in [2.75, 3.05) is 5.32 Å². The molecule has 0 spiro atoms. The molecule has 0 atom stereocenters. The Hall–Kier alpha value is -7.16. The van der Waals surface area contributed by atoms with Gasteiger partial charge < -0.3 is 9.88 Å². The van der Waals surface area contributed by atoms with Crippen molar-refractivity contribution in [3.8, 4) is 27.9 Å². The first kappa shape index (κ1) is 34.3. The van der Waals surface area contributed by atoms with Gasteiger partial charge in [0.25, 0.3) is 0 Å². The first-order valence-corrected chi connectivity index (χ1v) is 19.7. The standard InChI is InChI=1S/C55H42N2/c1-37(38-15-6-4-7-16-38)33-43(31-32-56-52-24-14-20-41-19-10-11-21-45(41)52)42-27-30-53-48(34-42)49-35-51-47(46-22-12-13-23-50(46)55(51,2)3)36-54(49)57(53)44-28-25-40(26-29-44)39-17-8-5-9-18-39/h4-36,56H,1H2,2-3H3/b32-31-,43-33+. The highest BCUT2D eigenvalue weighted by Crippen LogP contribution is 2.51. The summed E-state index contributed by atoms with van der Waals surface area (Å²) in [5.74, 6) is 0. The van der Waals surface area contributed by atoms with E-state index in [1.54, 1.807) is 0 Å². The average molecular weight is 731 g/mol. The molecule has 272 valence electrons. The van der Waals surface area contributed by atoms with Gasteiger partial charge in [0.1, 0.15) is 0 Å². The van der Waals surface area contributed by atoms with Crippen LogP contribution in [0.5, 0.6) is 0 Å². The summed E-state index contributed by atoms with van der Waals surface area (Å²) >= 11 is 0. The molecule has 10 rings (SSSR count). The van der Waals surface area contributed by atoms with Crippen molar-refractivity contribution in [3.63, 3.8) is 0 Å². The van der Waals surface area contributed by atoms with E-state index in [-0.39, 0.29) is 5.41 Å². The molecule has 0 radical (unpaired) electrons. The van der Waals surface area contributed by atoms with Crippen LogP contribution in [0.3, 0.4) is 0 Å². The van der Waals surface area contributed by atoms with Crippen LogP contribution in [-0.2, 0) is 5.41 Å². The summed E-state index contributed by atoms with van der Waals surface area (Å²) in [6.45, 7) is 9.25. The number of benzene rings is 8. The SMILES string of the molecule is C=C(/C=C(\C=C/Nc1cccc2ccccc12)c1ccc2c(c1)c1cc3c(cc1n2-c1ccc(-c2ccccc2)cc1)-c1ccccc1C3(C)C)c1ccccc1. The number of nitrogens with zero attached hydrogens (tertiary/aromatic N) is 1. The highest BCUT2D eigenvalue weighted by molar-refractivity contribution is 6.12. The Bertz CT molecular complexity index is 3040. The summed E-state index contributed by atoms with van der Waals surface area (Å²) < 4.78 is 2.45. The van der Waals surface area contributed by atoms with Crippen LogP contribution in [0.15, 0.2) is 207 Å². The van der Waals surface area contributed by atoms with E-state index in [2.05, 4.69) is 225 Å². The molecule has 0 saturated carbocycles. The fourth-order valence-corrected chi connectivity index (χ4v) is 8.83. The van der Waals surface area contributed by atoms with Gasteiger partial charge in [0.05, 0.1) is 11.0 Å². The maximum absolute atomic E-state index is 4.52. The molecule has 1 aliphatic rings. The van der Waals surface area contributed by atoms with E-state index in [0.717, 1.165) is 33.6 Å². The van der Waals surface area contributed by atoms with Crippen molar-refractivity contribution < 1.29 is 0 Å². The fraction of sp³-hybridized carbons (Fsp3) is 0.0545. The van der Waals surface area contributed by atoms with Gasteiger partial charge in [0, 0.05) is 39.1 Å². The number of nitrogens with one attached hydrogen (secondary N) is 1. The average Bonchev–Trinajstić information content (AvgIpc) is 3.70. The molecular weight excluding hydrogens is 689 g/mol. The van der Waals surface area contributed by atoms with Crippen molar-refractivity contribution in [1.29, 1.82) is 0 Å². The third-order valence-corrected chi connectivity index (χ3v) is 11.8. The monoisotopic (exact) mass is 730 g/mol. The third kappa shape index (κ3) is 5.98. The smallest absolute Gasteiger partial charge is 0.0547 e. The minimum absolute atomic E-state index is 0.113. The summed E-state index contributed by atoms with van der Waals surface area (Å²) in [4.78, 5) is 0. The van der Waals surface area contributed by atoms with Gasteiger partial charge in [-0.2, -0.15) is 0 Å². The van der Waals surface area contributed by atoms with Crippen LogP contribution in [0.25, 0.3) is 71.7 Å². The molecule has 1 heterocycles. The van der Waals surface area contributed by atoms with Crippen LogP contribution < -0.4 is 5.32 Å².